The van der Waals surface area contributed by atoms with Crippen molar-refractivity contribution in [1.29, 1.82) is 0 Å². The van der Waals surface area contributed by atoms with Crippen LogP contribution in [0.1, 0.15) is 50.5 Å². The smallest absolute Gasteiger partial charge is 0.411 e. The van der Waals surface area contributed by atoms with E-state index in [0.717, 1.165) is 12.0 Å². The summed E-state index contributed by atoms with van der Waals surface area (Å²) in [5.41, 5.74) is 11.3. The first-order valence-corrected chi connectivity index (χ1v) is 10.6. The highest BCUT2D eigenvalue weighted by atomic mass is 16.6. The third kappa shape index (κ3) is 4.34. The maximum absolute atomic E-state index is 13.4. The molecule has 1 aromatic carbocycles. The molecular formula is C22H31N3O5. The number of carboxylic acid groups (broad SMARTS) is 1. The summed E-state index contributed by atoms with van der Waals surface area (Å²) >= 11 is 0. The van der Waals surface area contributed by atoms with Crippen LogP contribution in [0.4, 0.5) is 4.79 Å². The number of ketones is 1. The van der Waals surface area contributed by atoms with Gasteiger partial charge in [0.05, 0.1) is 6.04 Å². The fourth-order valence-electron chi connectivity index (χ4n) is 4.89. The molecule has 2 aliphatic heterocycles. The summed E-state index contributed by atoms with van der Waals surface area (Å²) < 4.78 is 5.47. The van der Waals surface area contributed by atoms with Gasteiger partial charge in [-0.05, 0) is 56.6 Å². The Morgan fingerprint density at radius 1 is 1.17 bits per heavy atom. The lowest BCUT2D eigenvalue weighted by molar-refractivity contribution is -0.163. The number of amides is 1. The number of hydrogen-bond donors (Lipinski definition) is 3. The molecule has 8 nitrogen and oxygen atoms in total. The van der Waals surface area contributed by atoms with Crippen LogP contribution in [0.3, 0.4) is 0 Å². The van der Waals surface area contributed by atoms with Gasteiger partial charge in [-0.25, -0.2) is 9.59 Å². The van der Waals surface area contributed by atoms with Crippen molar-refractivity contribution in [2.45, 2.75) is 69.2 Å². The molecular weight excluding hydrogens is 386 g/mol. The molecule has 2 heterocycles. The molecule has 5 N–H and O–H groups in total. The normalized spacial score (nSPS) is 26.3. The second-order valence-electron chi connectivity index (χ2n) is 8.32. The number of benzene rings is 1. The topological polar surface area (TPSA) is 136 Å². The molecule has 2 atom stereocenters. The first-order chi connectivity index (χ1) is 14.4. The highest BCUT2D eigenvalue weighted by molar-refractivity contribution is 5.97. The minimum Gasteiger partial charge on any atom is -0.480 e. The van der Waals surface area contributed by atoms with Crippen LogP contribution in [0.5, 0.6) is 0 Å². The number of rotatable bonds is 9. The summed E-state index contributed by atoms with van der Waals surface area (Å²) in [6.45, 7) is 0.534. The van der Waals surface area contributed by atoms with Crippen molar-refractivity contribution in [1.82, 2.24) is 4.90 Å². The zero-order chi connectivity index (χ0) is 21.7. The summed E-state index contributed by atoms with van der Waals surface area (Å²) in [5.74, 6) is -1.56. The van der Waals surface area contributed by atoms with Crippen molar-refractivity contribution in [2.75, 3.05) is 6.54 Å². The quantitative estimate of drug-likeness (QED) is 0.523. The molecule has 2 saturated heterocycles. The Kier molecular flexibility index (Phi) is 7.10. The van der Waals surface area contributed by atoms with Crippen LogP contribution in [-0.4, -0.2) is 52.0 Å². The van der Waals surface area contributed by atoms with E-state index in [9.17, 15) is 19.5 Å². The van der Waals surface area contributed by atoms with Crippen molar-refractivity contribution in [3.8, 4) is 0 Å². The summed E-state index contributed by atoms with van der Waals surface area (Å²) in [6.07, 6.45) is 3.18. The SMILES string of the molecule is NCCCC[C@H](N)C(=O)C12CCC(CC1)[C@@H](C(=O)O)N2C(=O)OCc1ccccc1. The molecule has 0 aromatic heterocycles. The van der Waals surface area contributed by atoms with Crippen LogP contribution in [-0.2, 0) is 20.9 Å². The summed E-state index contributed by atoms with van der Waals surface area (Å²) in [7, 11) is 0. The molecule has 164 valence electrons. The highest BCUT2D eigenvalue weighted by Crippen LogP contribution is 2.48. The van der Waals surface area contributed by atoms with Crippen molar-refractivity contribution in [3.05, 3.63) is 35.9 Å². The summed E-state index contributed by atoms with van der Waals surface area (Å²) in [6, 6.07) is 7.32. The number of nitrogens with two attached hydrogens (primary N) is 2. The van der Waals surface area contributed by atoms with Gasteiger partial charge in [0.1, 0.15) is 18.2 Å². The van der Waals surface area contributed by atoms with Crippen molar-refractivity contribution >= 4 is 17.8 Å². The zero-order valence-electron chi connectivity index (χ0n) is 17.2. The summed E-state index contributed by atoms with van der Waals surface area (Å²) in [4.78, 5) is 39.8. The molecule has 1 saturated carbocycles. The average molecular weight is 418 g/mol. The molecule has 4 rings (SSSR count). The Morgan fingerprint density at radius 3 is 2.43 bits per heavy atom. The number of carbonyl (C=O) groups is 3. The lowest BCUT2D eigenvalue weighted by atomic mass is 9.64. The number of carbonyl (C=O) groups excluding carboxylic acids is 2. The predicted octanol–water partition coefficient (Wildman–Crippen LogP) is 2.05. The Labute approximate surface area is 176 Å². The van der Waals surface area contributed by atoms with Crippen LogP contribution < -0.4 is 11.5 Å². The van der Waals surface area contributed by atoms with Gasteiger partial charge in [-0.2, -0.15) is 0 Å². The van der Waals surface area contributed by atoms with Crippen molar-refractivity contribution in [2.24, 2.45) is 17.4 Å². The Balaban J connectivity index is 1.83. The van der Waals surface area contributed by atoms with E-state index >= 15 is 0 Å². The number of aliphatic carboxylic acids is 1. The van der Waals surface area contributed by atoms with E-state index in [1.807, 2.05) is 30.3 Å². The van der Waals surface area contributed by atoms with E-state index in [1.54, 1.807) is 0 Å². The van der Waals surface area contributed by atoms with E-state index in [4.69, 9.17) is 16.2 Å². The van der Waals surface area contributed by atoms with E-state index < -0.39 is 29.7 Å². The van der Waals surface area contributed by atoms with Crippen LogP contribution in [0.25, 0.3) is 0 Å². The molecule has 3 fully saturated rings. The molecule has 1 amide bonds. The number of Topliss-reactive ketones (excluding diaryl/α,β-unsaturated/α-hetero) is 1. The molecule has 3 aliphatic rings. The predicted molar refractivity (Wildman–Crippen MR) is 110 cm³/mol. The van der Waals surface area contributed by atoms with E-state index in [1.165, 1.54) is 4.90 Å². The van der Waals surface area contributed by atoms with Crippen molar-refractivity contribution < 1.29 is 24.2 Å². The van der Waals surface area contributed by atoms with Crippen LogP contribution >= 0.6 is 0 Å². The van der Waals surface area contributed by atoms with Gasteiger partial charge in [0.2, 0.25) is 0 Å². The number of piperidine rings is 2. The Morgan fingerprint density at radius 2 is 1.83 bits per heavy atom. The van der Waals surface area contributed by atoms with Gasteiger partial charge in [-0.3, -0.25) is 9.69 Å². The minimum absolute atomic E-state index is 0.0139. The zero-order valence-corrected chi connectivity index (χ0v) is 17.2. The third-order valence-electron chi connectivity index (χ3n) is 6.46. The van der Waals surface area contributed by atoms with Gasteiger partial charge in [-0.15, -0.1) is 0 Å². The van der Waals surface area contributed by atoms with Gasteiger partial charge >= 0.3 is 12.1 Å². The number of hydrogen-bond acceptors (Lipinski definition) is 6. The number of ether oxygens (including phenoxy) is 1. The molecule has 2 bridgehead atoms. The Bertz CT molecular complexity index is 761. The maximum Gasteiger partial charge on any atom is 0.411 e. The summed E-state index contributed by atoms with van der Waals surface area (Å²) in [5, 5.41) is 9.87. The second-order valence-corrected chi connectivity index (χ2v) is 8.32. The van der Waals surface area contributed by atoms with Crippen LogP contribution in [0.2, 0.25) is 0 Å². The number of fused-ring (bicyclic) bond motifs is 3. The lowest BCUT2D eigenvalue weighted by Crippen LogP contribution is -2.72. The minimum atomic E-state index is -1.21. The maximum atomic E-state index is 13.4. The molecule has 8 heteroatoms. The Hall–Kier alpha value is -2.45. The third-order valence-corrected chi connectivity index (χ3v) is 6.46. The fraction of sp³-hybridized carbons (Fsp3) is 0.591. The first-order valence-electron chi connectivity index (χ1n) is 10.6. The molecule has 0 spiro atoms. The number of unbranched alkanes of at least 4 members (excludes halogenated alkanes) is 1. The second kappa shape index (κ2) is 9.57. The molecule has 0 radical (unpaired) electrons. The van der Waals surface area contributed by atoms with E-state index in [-0.39, 0.29) is 18.3 Å². The van der Waals surface area contributed by atoms with Gasteiger partial charge in [0.15, 0.2) is 5.78 Å². The molecule has 0 unspecified atom stereocenters. The van der Waals surface area contributed by atoms with E-state index in [2.05, 4.69) is 0 Å². The van der Waals surface area contributed by atoms with E-state index in [0.29, 0.717) is 45.1 Å². The molecule has 1 aliphatic carbocycles. The first kappa shape index (κ1) is 22.2. The average Bonchev–Trinajstić information content (AvgIpc) is 2.77. The molecule has 1 aromatic rings. The lowest BCUT2D eigenvalue weighted by Gasteiger charge is -2.56. The van der Waals surface area contributed by atoms with Crippen LogP contribution in [0, 0.1) is 5.92 Å². The largest absolute Gasteiger partial charge is 0.480 e. The molecule has 30 heavy (non-hydrogen) atoms. The van der Waals surface area contributed by atoms with Gasteiger partial charge in [0, 0.05) is 0 Å². The van der Waals surface area contributed by atoms with Gasteiger partial charge in [-0.1, -0.05) is 36.8 Å². The standard InChI is InChI=1S/C22H31N3O5/c23-13-5-4-8-17(24)19(26)22-11-9-16(10-12-22)18(20(27)28)25(22)21(29)30-14-15-6-2-1-3-7-15/h1-3,6-7,16-18H,4-5,8-14,23-24H2,(H,27,28)/t16?,17-,18-,22?/m0/s1. The monoisotopic (exact) mass is 417 g/mol. The number of carboxylic acids is 1. The van der Waals surface area contributed by atoms with Gasteiger partial charge < -0.3 is 21.3 Å². The van der Waals surface area contributed by atoms with Gasteiger partial charge in [0.25, 0.3) is 0 Å². The fourth-order valence-corrected chi connectivity index (χ4v) is 4.89. The van der Waals surface area contributed by atoms with Crippen molar-refractivity contribution in [3.63, 3.8) is 0 Å². The highest BCUT2D eigenvalue weighted by Gasteiger charge is 2.60. The number of nitrogens with zero attached hydrogens (tertiary/aromatic N) is 1. The van der Waals surface area contributed by atoms with Crippen LogP contribution in [0.15, 0.2) is 30.3 Å².